The van der Waals surface area contributed by atoms with E-state index < -0.39 is 0 Å². The molecule has 0 aliphatic heterocycles. The molecule has 0 saturated carbocycles. The molecule has 1 aromatic rings. The molecule has 0 aromatic heterocycles. The Morgan fingerprint density at radius 2 is 2.00 bits per heavy atom. The predicted octanol–water partition coefficient (Wildman–Crippen LogP) is 3.10. The van der Waals surface area contributed by atoms with Crippen LogP contribution in [0.15, 0.2) is 18.2 Å². The van der Waals surface area contributed by atoms with Gasteiger partial charge in [0.2, 0.25) is 0 Å². The Kier molecular flexibility index (Phi) is 5.33. The average Bonchev–Trinajstić information content (AvgIpc) is 2.26. The molecule has 90 valence electrons. The lowest BCUT2D eigenvalue weighted by Crippen LogP contribution is -2.13. The minimum Gasteiger partial charge on any atom is -0.496 e. The van der Waals surface area contributed by atoms with E-state index in [4.69, 9.17) is 4.74 Å². The van der Waals surface area contributed by atoms with Gasteiger partial charge in [0.1, 0.15) is 5.75 Å². The van der Waals surface area contributed by atoms with Crippen LogP contribution in [0.2, 0.25) is 0 Å². The van der Waals surface area contributed by atoms with Crippen molar-refractivity contribution in [2.45, 2.75) is 32.7 Å². The maximum absolute atomic E-state index is 5.45. The highest BCUT2D eigenvalue weighted by molar-refractivity contribution is 5.40. The van der Waals surface area contributed by atoms with Crippen LogP contribution in [-0.2, 0) is 13.0 Å². The molecule has 0 fully saturated rings. The van der Waals surface area contributed by atoms with Gasteiger partial charge in [-0.05, 0) is 44.1 Å². The number of ether oxygens (including phenoxy) is 1. The molecule has 0 heterocycles. The van der Waals surface area contributed by atoms with Crippen molar-refractivity contribution in [3.05, 3.63) is 29.3 Å². The lowest BCUT2D eigenvalue weighted by Gasteiger charge is -2.16. The molecule has 0 aliphatic rings. The maximum atomic E-state index is 5.45. The first-order valence-electron chi connectivity index (χ1n) is 5.98. The minimum absolute atomic E-state index is 0.982. The fourth-order valence-corrected chi connectivity index (χ4v) is 1.93. The van der Waals surface area contributed by atoms with Crippen molar-refractivity contribution in [1.29, 1.82) is 0 Å². The summed E-state index contributed by atoms with van der Waals surface area (Å²) in [6, 6.07) is 6.34. The van der Waals surface area contributed by atoms with Gasteiger partial charge in [0.25, 0.3) is 0 Å². The summed E-state index contributed by atoms with van der Waals surface area (Å²) >= 11 is 0. The monoisotopic (exact) mass is 221 g/mol. The number of methoxy groups -OCH3 is 1. The molecule has 0 N–H and O–H groups in total. The fraction of sp³-hybridized carbons (Fsp3) is 0.571. The van der Waals surface area contributed by atoms with E-state index in [1.165, 1.54) is 24.0 Å². The van der Waals surface area contributed by atoms with Crippen molar-refractivity contribution >= 4 is 0 Å². The molecule has 0 bridgehead atoms. The van der Waals surface area contributed by atoms with E-state index in [0.29, 0.717) is 0 Å². The Morgan fingerprint density at radius 1 is 1.25 bits per heavy atom. The Labute approximate surface area is 99.2 Å². The number of rotatable bonds is 6. The van der Waals surface area contributed by atoms with Crippen LogP contribution >= 0.6 is 0 Å². The molecule has 0 aliphatic carbocycles. The number of unbranched alkanes of at least 4 members (excludes halogenated alkanes) is 1. The zero-order valence-electron chi connectivity index (χ0n) is 10.9. The summed E-state index contributed by atoms with van der Waals surface area (Å²) in [6.07, 6.45) is 3.56. The van der Waals surface area contributed by atoms with Gasteiger partial charge < -0.3 is 9.64 Å². The van der Waals surface area contributed by atoms with E-state index >= 15 is 0 Å². The molecule has 16 heavy (non-hydrogen) atoms. The summed E-state index contributed by atoms with van der Waals surface area (Å²) in [6.45, 7) is 3.21. The normalized spacial score (nSPS) is 10.8. The molecule has 0 amide bonds. The molecule has 2 heteroatoms. The average molecular weight is 221 g/mol. The first-order chi connectivity index (χ1) is 7.69. The second-order valence-electron chi connectivity index (χ2n) is 4.44. The first kappa shape index (κ1) is 13.0. The van der Waals surface area contributed by atoms with Crippen LogP contribution in [-0.4, -0.2) is 26.1 Å². The zero-order chi connectivity index (χ0) is 12.0. The van der Waals surface area contributed by atoms with E-state index in [0.717, 1.165) is 18.7 Å². The SMILES string of the molecule is CCCCc1c(CN(C)C)cccc1OC. The van der Waals surface area contributed by atoms with Gasteiger partial charge >= 0.3 is 0 Å². The first-order valence-corrected chi connectivity index (χ1v) is 5.98. The third-order valence-corrected chi connectivity index (χ3v) is 2.72. The van der Waals surface area contributed by atoms with Crippen molar-refractivity contribution in [1.82, 2.24) is 4.90 Å². The molecule has 0 saturated heterocycles. The van der Waals surface area contributed by atoms with Crippen LogP contribution < -0.4 is 4.74 Å². The smallest absolute Gasteiger partial charge is 0.122 e. The molecule has 1 rings (SSSR count). The molecular formula is C14H23NO. The van der Waals surface area contributed by atoms with Crippen LogP contribution in [0.5, 0.6) is 5.75 Å². The van der Waals surface area contributed by atoms with Gasteiger partial charge in [-0.25, -0.2) is 0 Å². The molecule has 0 atom stereocenters. The molecule has 0 spiro atoms. The van der Waals surface area contributed by atoms with Crippen LogP contribution in [0, 0.1) is 0 Å². The molecular weight excluding hydrogens is 198 g/mol. The maximum Gasteiger partial charge on any atom is 0.122 e. The Hall–Kier alpha value is -1.02. The summed E-state index contributed by atoms with van der Waals surface area (Å²) in [5, 5.41) is 0. The zero-order valence-corrected chi connectivity index (χ0v) is 10.9. The second kappa shape index (κ2) is 6.54. The largest absolute Gasteiger partial charge is 0.496 e. The van der Waals surface area contributed by atoms with Crippen LogP contribution in [0.1, 0.15) is 30.9 Å². The standard InChI is InChI=1S/C14H23NO/c1-5-6-9-13-12(11-15(2)3)8-7-10-14(13)16-4/h7-8,10H,5-6,9,11H2,1-4H3. The van der Waals surface area contributed by atoms with E-state index in [2.05, 4.69) is 44.1 Å². The lowest BCUT2D eigenvalue weighted by atomic mass is 10.0. The van der Waals surface area contributed by atoms with Crippen LogP contribution in [0.3, 0.4) is 0 Å². The molecule has 0 radical (unpaired) electrons. The molecule has 2 nitrogen and oxygen atoms in total. The van der Waals surface area contributed by atoms with Gasteiger partial charge in [0.15, 0.2) is 0 Å². The number of hydrogen-bond donors (Lipinski definition) is 0. The van der Waals surface area contributed by atoms with Gasteiger partial charge in [-0.3, -0.25) is 0 Å². The fourth-order valence-electron chi connectivity index (χ4n) is 1.93. The Morgan fingerprint density at radius 3 is 2.56 bits per heavy atom. The summed E-state index contributed by atoms with van der Waals surface area (Å²) in [7, 11) is 5.95. The second-order valence-corrected chi connectivity index (χ2v) is 4.44. The quantitative estimate of drug-likeness (QED) is 0.732. The highest BCUT2D eigenvalue weighted by Crippen LogP contribution is 2.24. The van der Waals surface area contributed by atoms with E-state index in [9.17, 15) is 0 Å². The van der Waals surface area contributed by atoms with Crippen molar-refractivity contribution in [3.63, 3.8) is 0 Å². The number of benzene rings is 1. The van der Waals surface area contributed by atoms with Crippen molar-refractivity contribution in [2.24, 2.45) is 0 Å². The molecule has 1 aromatic carbocycles. The third kappa shape index (κ3) is 3.53. The van der Waals surface area contributed by atoms with Gasteiger partial charge in [0.05, 0.1) is 7.11 Å². The van der Waals surface area contributed by atoms with Gasteiger partial charge in [0, 0.05) is 6.54 Å². The van der Waals surface area contributed by atoms with E-state index in [-0.39, 0.29) is 0 Å². The Bertz CT molecular complexity index is 321. The number of hydrogen-bond acceptors (Lipinski definition) is 2. The van der Waals surface area contributed by atoms with Gasteiger partial charge in [-0.2, -0.15) is 0 Å². The van der Waals surface area contributed by atoms with Crippen molar-refractivity contribution in [3.8, 4) is 5.75 Å². The van der Waals surface area contributed by atoms with Gasteiger partial charge in [-0.15, -0.1) is 0 Å². The van der Waals surface area contributed by atoms with Crippen LogP contribution in [0.25, 0.3) is 0 Å². The van der Waals surface area contributed by atoms with Crippen molar-refractivity contribution < 1.29 is 4.74 Å². The minimum atomic E-state index is 0.982. The predicted molar refractivity (Wildman–Crippen MR) is 69.0 cm³/mol. The lowest BCUT2D eigenvalue weighted by molar-refractivity contribution is 0.389. The number of nitrogens with zero attached hydrogens (tertiary/aromatic N) is 1. The van der Waals surface area contributed by atoms with Crippen LogP contribution in [0.4, 0.5) is 0 Å². The van der Waals surface area contributed by atoms with E-state index in [1.807, 2.05) is 0 Å². The highest BCUT2D eigenvalue weighted by atomic mass is 16.5. The molecule has 0 unspecified atom stereocenters. The summed E-state index contributed by atoms with van der Waals surface area (Å²) in [5.41, 5.74) is 2.76. The van der Waals surface area contributed by atoms with E-state index in [1.54, 1.807) is 7.11 Å². The highest BCUT2D eigenvalue weighted by Gasteiger charge is 2.08. The summed E-state index contributed by atoms with van der Waals surface area (Å²) in [5.74, 6) is 1.04. The third-order valence-electron chi connectivity index (χ3n) is 2.72. The summed E-state index contributed by atoms with van der Waals surface area (Å²) in [4.78, 5) is 2.20. The van der Waals surface area contributed by atoms with Gasteiger partial charge in [-0.1, -0.05) is 25.5 Å². The van der Waals surface area contributed by atoms with Crippen molar-refractivity contribution in [2.75, 3.05) is 21.2 Å². The summed E-state index contributed by atoms with van der Waals surface area (Å²) < 4.78 is 5.45. The topological polar surface area (TPSA) is 12.5 Å². The Balaban J connectivity index is 2.95.